The van der Waals surface area contributed by atoms with Crippen molar-refractivity contribution in [3.8, 4) is 0 Å². The fourth-order valence-electron chi connectivity index (χ4n) is 5.23. The second kappa shape index (κ2) is 23.9. The molecule has 6 atom stereocenters. The fraction of sp³-hybridized carbons (Fsp3) is 0.667. The van der Waals surface area contributed by atoms with Crippen LogP contribution in [0.3, 0.4) is 0 Å². The third-order valence-electron chi connectivity index (χ3n) is 7.80. The number of rotatable bonds is 23. The molecule has 1 aliphatic heterocycles. The van der Waals surface area contributed by atoms with Crippen molar-refractivity contribution in [2.75, 3.05) is 48.1 Å². The Balaban J connectivity index is 1.96. The van der Waals surface area contributed by atoms with Gasteiger partial charge >= 0.3 is 5.97 Å². The van der Waals surface area contributed by atoms with Crippen LogP contribution in [-0.2, 0) is 49.2 Å². The van der Waals surface area contributed by atoms with Gasteiger partial charge in [0.2, 0.25) is 5.91 Å². The number of esters is 1. The number of carbonyl (C=O) groups excluding carboxylic acids is 3. The third kappa shape index (κ3) is 16.5. The lowest BCUT2D eigenvalue weighted by atomic mass is 9.94. The molecule has 1 aromatic heterocycles. The van der Waals surface area contributed by atoms with E-state index in [1.54, 1.807) is 6.08 Å². The number of hydrogen-bond donors (Lipinski definition) is 2. The SMILES string of the molecule is COCO[C@@H](Cc1nc(C(=O)N[C@H](C)C(=O)OC)co1)C[C@@H](/C=C(C)/C=C/CNC(=O)/C=C/[C@@H](C)[C@H](OC1CCCCO1)C(C)C)OCOC. The van der Waals surface area contributed by atoms with E-state index >= 15 is 0 Å². The molecule has 2 rings (SSSR count). The van der Waals surface area contributed by atoms with Crippen LogP contribution in [0.2, 0.25) is 0 Å². The minimum absolute atomic E-state index is 0.0158. The molecular formula is C36H57N3O11. The second-order valence-corrected chi connectivity index (χ2v) is 12.5. The summed E-state index contributed by atoms with van der Waals surface area (Å²) in [7, 11) is 4.29. The van der Waals surface area contributed by atoms with Crippen LogP contribution in [0.25, 0.3) is 0 Å². The maximum atomic E-state index is 12.5. The Bertz CT molecular complexity index is 1240. The van der Waals surface area contributed by atoms with Gasteiger partial charge in [-0.25, -0.2) is 9.78 Å². The molecule has 2 heterocycles. The number of amides is 2. The number of allylic oxidation sites excluding steroid dienone is 2. The van der Waals surface area contributed by atoms with E-state index in [1.165, 1.54) is 34.5 Å². The smallest absolute Gasteiger partial charge is 0.328 e. The maximum absolute atomic E-state index is 12.5. The van der Waals surface area contributed by atoms with Crippen molar-refractivity contribution in [3.05, 3.63) is 53.8 Å². The Kier molecular flexibility index (Phi) is 20.4. The number of carbonyl (C=O) groups is 3. The van der Waals surface area contributed by atoms with Crippen LogP contribution in [0.1, 0.15) is 76.7 Å². The van der Waals surface area contributed by atoms with Crippen molar-refractivity contribution < 1.29 is 52.0 Å². The molecule has 14 nitrogen and oxygen atoms in total. The molecule has 50 heavy (non-hydrogen) atoms. The lowest BCUT2D eigenvalue weighted by Crippen LogP contribution is -2.39. The molecule has 0 bridgehead atoms. The minimum Gasteiger partial charge on any atom is -0.467 e. The monoisotopic (exact) mass is 707 g/mol. The number of nitrogens with zero attached hydrogens (tertiary/aromatic N) is 1. The molecule has 1 saturated heterocycles. The van der Waals surface area contributed by atoms with Gasteiger partial charge in [0.1, 0.15) is 25.9 Å². The summed E-state index contributed by atoms with van der Waals surface area (Å²) in [5.41, 5.74) is 0.914. The molecule has 0 saturated carbocycles. The van der Waals surface area contributed by atoms with E-state index in [0.717, 1.165) is 31.4 Å². The van der Waals surface area contributed by atoms with Crippen molar-refractivity contribution in [2.24, 2.45) is 11.8 Å². The Hall–Kier alpha value is -3.40. The molecule has 1 unspecified atom stereocenters. The number of methoxy groups -OCH3 is 3. The highest BCUT2D eigenvalue weighted by atomic mass is 16.7. The molecule has 1 aliphatic rings. The van der Waals surface area contributed by atoms with Crippen molar-refractivity contribution in [3.63, 3.8) is 0 Å². The minimum atomic E-state index is -0.847. The predicted molar refractivity (Wildman–Crippen MR) is 185 cm³/mol. The van der Waals surface area contributed by atoms with Crippen molar-refractivity contribution in [1.82, 2.24) is 15.6 Å². The Morgan fingerprint density at radius 3 is 2.44 bits per heavy atom. The van der Waals surface area contributed by atoms with E-state index < -0.39 is 30.1 Å². The normalized spacial score (nSPS) is 18.6. The second-order valence-electron chi connectivity index (χ2n) is 12.5. The zero-order chi connectivity index (χ0) is 36.9. The van der Waals surface area contributed by atoms with E-state index in [1.807, 2.05) is 31.2 Å². The summed E-state index contributed by atoms with van der Waals surface area (Å²) in [4.78, 5) is 40.9. The van der Waals surface area contributed by atoms with Gasteiger partial charge in [0.05, 0.1) is 31.8 Å². The Labute approximate surface area is 296 Å². The average Bonchev–Trinajstić information content (AvgIpc) is 3.57. The van der Waals surface area contributed by atoms with Crippen LogP contribution in [0.5, 0.6) is 0 Å². The van der Waals surface area contributed by atoms with Crippen LogP contribution < -0.4 is 10.6 Å². The Morgan fingerprint density at radius 1 is 1.04 bits per heavy atom. The zero-order valence-electron chi connectivity index (χ0n) is 30.8. The van der Waals surface area contributed by atoms with E-state index in [2.05, 4.69) is 41.1 Å². The van der Waals surface area contributed by atoms with E-state index in [-0.39, 0.29) is 61.7 Å². The van der Waals surface area contributed by atoms with Crippen molar-refractivity contribution in [2.45, 2.75) is 97.4 Å². The standard InChI is InChI=1S/C36H57N3O11/c1-24(2)34(50-33-13-9-10-17-46-33)26(4)14-15-31(40)37-16-11-12-25(3)18-28(48-22-43-6)19-29(49-23-44-7)20-32-39-30(21-47-32)35(41)38-27(5)36(42)45-8/h11-12,14-15,18,21,24,26-29,33-34H,9-10,13,16-17,19-20,22-23H2,1-8H3,(H,37,40)(H,38,41)/b12-11+,15-14+,25-18+/t26-,27-,28-,29-,33?,34-/m1/s1. The number of oxazole rings is 1. The molecule has 0 aromatic carbocycles. The molecule has 2 N–H and O–H groups in total. The molecule has 282 valence electrons. The first-order valence-electron chi connectivity index (χ1n) is 17.1. The number of ether oxygens (including phenoxy) is 7. The topological polar surface area (TPSA) is 166 Å². The summed E-state index contributed by atoms with van der Waals surface area (Å²) < 4.78 is 44.2. The molecule has 1 fully saturated rings. The lowest BCUT2D eigenvalue weighted by Gasteiger charge is -2.32. The van der Waals surface area contributed by atoms with Gasteiger partial charge in [-0.2, -0.15) is 0 Å². The van der Waals surface area contributed by atoms with Crippen LogP contribution in [0.4, 0.5) is 0 Å². The van der Waals surface area contributed by atoms with Crippen LogP contribution >= 0.6 is 0 Å². The van der Waals surface area contributed by atoms with Crippen molar-refractivity contribution in [1.29, 1.82) is 0 Å². The number of aromatic nitrogens is 1. The largest absolute Gasteiger partial charge is 0.467 e. The number of hydrogen-bond acceptors (Lipinski definition) is 12. The molecule has 0 spiro atoms. The van der Waals surface area contributed by atoms with Gasteiger partial charge in [-0.15, -0.1) is 0 Å². The summed E-state index contributed by atoms with van der Waals surface area (Å²) in [5, 5.41) is 5.39. The first-order chi connectivity index (χ1) is 24.0. The highest BCUT2D eigenvalue weighted by Gasteiger charge is 2.26. The summed E-state index contributed by atoms with van der Waals surface area (Å²) in [5.74, 6) is -0.765. The lowest BCUT2D eigenvalue weighted by molar-refractivity contribution is -0.203. The zero-order valence-corrected chi connectivity index (χ0v) is 30.8. The predicted octanol–water partition coefficient (Wildman–Crippen LogP) is 4.26. The first kappa shape index (κ1) is 42.8. The molecule has 0 radical (unpaired) electrons. The van der Waals surface area contributed by atoms with Gasteiger partial charge in [0, 0.05) is 39.7 Å². The molecule has 1 aromatic rings. The van der Waals surface area contributed by atoms with Crippen LogP contribution in [-0.4, -0.2) is 101 Å². The quantitative estimate of drug-likeness (QED) is 0.0720. The van der Waals surface area contributed by atoms with Gasteiger partial charge in [-0.1, -0.05) is 50.6 Å². The Morgan fingerprint density at radius 2 is 1.78 bits per heavy atom. The van der Waals surface area contributed by atoms with Crippen LogP contribution in [0.15, 0.2) is 46.6 Å². The fourth-order valence-corrected chi connectivity index (χ4v) is 5.23. The summed E-state index contributed by atoms with van der Waals surface area (Å²) in [6.07, 6.45) is 12.9. The molecule has 2 amide bonds. The third-order valence-corrected chi connectivity index (χ3v) is 7.80. The van der Waals surface area contributed by atoms with E-state index in [0.29, 0.717) is 13.0 Å². The van der Waals surface area contributed by atoms with Crippen LogP contribution in [0, 0.1) is 11.8 Å². The summed E-state index contributed by atoms with van der Waals surface area (Å²) in [6, 6.07) is -0.847. The number of nitrogens with one attached hydrogen (secondary N) is 2. The van der Waals surface area contributed by atoms with Gasteiger partial charge in [-0.05, 0) is 45.1 Å². The summed E-state index contributed by atoms with van der Waals surface area (Å²) in [6.45, 7) is 10.8. The molecule has 14 heteroatoms. The maximum Gasteiger partial charge on any atom is 0.328 e. The van der Waals surface area contributed by atoms with Crippen molar-refractivity contribution >= 4 is 17.8 Å². The summed E-state index contributed by atoms with van der Waals surface area (Å²) >= 11 is 0. The van der Waals surface area contributed by atoms with Gasteiger partial charge < -0.3 is 48.2 Å². The highest BCUT2D eigenvalue weighted by Crippen LogP contribution is 2.24. The van der Waals surface area contributed by atoms with E-state index in [9.17, 15) is 14.4 Å². The van der Waals surface area contributed by atoms with Gasteiger partial charge in [0.25, 0.3) is 5.91 Å². The van der Waals surface area contributed by atoms with Gasteiger partial charge in [-0.3, -0.25) is 9.59 Å². The first-order valence-corrected chi connectivity index (χ1v) is 17.1. The van der Waals surface area contributed by atoms with Gasteiger partial charge in [0.15, 0.2) is 17.9 Å². The van der Waals surface area contributed by atoms with E-state index in [4.69, 9.17) is 32.8 Å². The average molecular weight is 708 g/mol. The highest BCUT2D eigenvalue weighted by molar-refractivity contribution is 5.94. The molecule has 0 aliphatic carbocycles. The molecular weight excluding hydrogens is 650 g/mol.